The van der Waals surface area contributed by atoms with Crippen molar-refractivity contribution in [3.05, 3.63) is 115 Å². The van der Waals surface area contributed by atoms with E-state index in [0.717, 1.165) is 27.5 Å². The molecule has 4 rings (SSSR count). The van der Waals surface area contributed by atoms with E-state index in [2.05, 4.69) is 47.1 Å². The van der Waals surface area contributed by atoms with Gasteiger partial charge in [0.2, 0.25) is 0 Å². The van der Waals surface area contributed by atoms with Gasteiger partial charge in [-0.3, -0.25) is 5.32 Å². The van der Waals surface area contributed by atoms with Crippen LogP contribution in [0.1, 0.15) is 5.56 Å². The first kappa shape index (κ1) is 21.5. The van der Waals surface area contributed by atoms with Gasteiger partial charge in [0.1, 0.15) is 0 Å². The normalized spacial score (nSPS) is 10.4. The van der Waals surface area contributed by atoms with Gasteiger partial charge in [0.15, 0.2) is 0 Å². The van der Waals surface area contributed by atoms with Crippen molar-refractivity contribution >= 4 is 41.5 Å². The Kier molecular flexibility index (Phi) is 7.10. The van der Waals surface area contributed by atoms with E-state index in [-0.39, 0.29) is 0 Å². The summed E-state index contributed by atoms with van der Waals surface area (Å²) < 4.78 is 5.32. The fourth-order valence-electron chi connectivity index (χ4n) is 3.42. The molecule has 0 aromatic heterocycles. The second-order valence-electron chi connectivity index (χ2n) is 7.23. The second-order valence-corrected chi connectivity index (χ2v) is 7.75. The van der Waals surface area contributed by atoms with Gasteiger partial charge in [-0.25, -0.2) is 4.79 Å². The Morgan fingerprint density at radius 2 is 1.34 bits per heavy atom. The van der Waals surface area contributed by atoms with Gasteiger partial charge in [0.05, 0.1) is 6.61 Å². The Bertz CT molecular complexity index is 1110. The van der Waals surface area contributed by atoms with Crippen molar-refractivity contribution in [2.45, 2.75) is 11.3 Å². The van der Waals surface area contributed by atoms with E-state index in [1.165, 1.54) is 0 Å². The van der Waals surface area contributed by atoms with E-state index < -0.39 is 6.09 Å². The molecule has 0 bridgehead atoms. The lowest BCUT2D eigenvalue weighted by Crippen LogP contribution is -2.15. The molecule has 5 heteroatoms. The maximum absolute atomic E-state index is 12.2. The van der Waals surface area contributed by atoms with Gasteiger partial charge in [-0.2, -0.15) is 0 Å². The summed E-state index contributed by atoms with van der Waals surface area (Å²) in [5, 5.41) is 2.79. The number of ether oxygens (including phenoxy) is 1. The van der Waals surface area contributed by atoms with E-state index in [4.69, 9.17) is 4.74 Å². The summed E-state index contributed by atoms with van der Waals surface area (Å²) >= 11 is 4.33. The second kappa shape index (κ2) is 10.6. The monoisotopic (exact) mass is 440 g/mol. The molecule has 1 N–H and O–H groups in total. The van der Waals surface area contributed by atoms with Gasteiger partial charge >= 0.3 is 6.09 Å². The summed E-state index contributed by atoms with van der Waals surface area (Å²) in [6.45, 7) is 0.303. The predicted octanol–water partition coefficient (Wildman–Crippen LogP) is 7.24. The predicted molar refractivity (Wildman–Crippen MR) is 133 cm³/mol. The van der Waals surface area contributed by atoms with Gasteiger partial charge < -0.3 is 9.64 Å². The highest BCUT2D eigenvalue weighted by molar-refractivity contribution is 7.80. The van der Waals surface area contributed by atoms with Crippen LogP contribution in [0.15, 0.2) is 114 Å². The lowest BCUT2D eigenvalue weighted by atomic mass is 10.2. The zero-order chi connectivity index (χ0) is 22.2. The fourth-order valence-corrected chi connectivity index (χ4v) is 3.67. The number of carbonyl (C=O) groups excluding carboxylic acids is 1. The van der Waals surface area contributed by atoms with Crippen LogP contribution in [0.4, 0.5) is 27.5 Å². The third-order valence-corrected chi connectivity index (χ3v) is 5.21. The average molecular weight is 441 g/mol. The molecular weight excluding hydrogens is 416 g/mol. The molecule has 0 atom stereocenters. The number of nitrogens with zero attached hydrogens (tertiary/aromatic N) is 1. The number of carbonyl (C=O) groups is 1. The van der Waals surface area contributed by atoms with E-state index in [0.29, 0.717) is 18.7 Å². The minimum absolute atomic E-state index is 0.303. The summed E-state index contributed by atoms with van der Waals surface area (Å²) in [7, 11) is 0. The molecule has 0 aliphatic carbocycles. The van der Waals surface area contributed by atoms with Crippen LogP contribution in [0.3, 0.4) is 0 Å². The van der Waals surface area contributed by atoms with Crippen LogP contribution in [0, 0.1) is 0 Å². The maximum Gasteiger partial charge on any atom is 0.411 e. The molecule has 0 heterocycles. The van der Waals surface area contributed by atoms with E-state index in [9.17, 15) is 4.79 Å². The molecule has 32 heavy (non-hydrogen) atoms. The number of benzene rings is 4. The lowest BCUT2D eigenvalue weighted by molar-refractivity contribution is 0.163. The number of nitrogens with one attached hydrogen (secondary N) is 1. The summed E-state index contributed by atoms with van der Waals surface area (Å²) in [5.74, 6) is 0. The third-order valence-electron chi connectivity index (χ3n) is 4.94. The SMILES string of the molecule is O=C(Nc1ccc(N(c2ccccc2)c2ccccc2)cc1)OCCc1cccc(S)c1. The topological polar surface area (TPSA) is 41.6 Å². The smallest absolute Gasteiger partial charge is 0.411 e. The number of amides is 1. The first-order valence-electron chi connectivity index (χ1n) is 10.4. The number of thiol groups is 1. The highest BCUT2D eigenvalue weighted by atomic mass is 32.1. The number of anilines is 4. The molecule has 4 nitrogen and oxygen atoms in total. The molecule has 0 aliphatic heterocycles. The highest BCUT2D eigenvalue weighted by Gasteiger charge is 2.12. The van der Waals surface area contributed by atoms with E-state index in [1.54, 1.807) is 0 Å². The Labute approximate surface area is 193 Å². The maximum atomic E-state index is 12.2. The molecule has 0 saturated carbocycles. The van der Waals surface area contributed by atoms with Crippen LogP contribution in [0.25, 0.3) is 0 Å². The van der Waals surface area contributed by atoms with Crippen LogP contribution < -0.4 is 10.2 Å². The van der Waals surface area contributed by atoms with Crippen molar-refractivity contribution < 1.29 is 9.53 Å². The zero-order valence-electron chi connectivity index (χ0n) is 17.5. The van der Waals surface area contributed by atoms with E-state index in [1.807, 2.05) is 84.9 Å². The van der Waals surface area contributed by atoms with Crippen LogP contribution >= 0.6 is 12.6 Å². The minimum Gasteiger partial charge on any atom is -0.449 e. The Hall–Kier alpha value is -3.70. The Morgan fingerprint density at radius 3 is 1.94 bits per heavy atom. The number of hydrogen-bond donors (Lipinski definition) is 2. The number of rotatable bonds is 7. The standard InChI is InChI=1S/C27H24N2O2S/c30-27(31-19-18-21-8-7-13-26(32)20-21)28-22-14-16-25(17-15-22)29(23-9-3-1-4-10-23)24-11-5-2-6-12-24/h1-17,20,32H,18-19H2,(H,28,30). The Balaban J connectivity index is 1.40. The van der Waals surface area contributed by atoms with Crippen LogP contribution in [-0.2, 0) is 11.2 Å². The molecule has 4 aromatic carbocycles. The van der Waals surface area contributed by atoms with Crippen LogP contribution in [0.2, 0.25) is 0 Å². The molecule has 0 fully saturated rings. The molecule has 0 saturated heterocycles. The lowest BCUT2D eigenvalue weighted by Gasteiger charge is -2.25. The summed E-state index contributed by atoms with van der Waals surface area (Å²) in [6, 6.07) is 35.9. The van der Waals surface area contributed by atoms with Crippen molar-refractivity contribution in [3.8, 4) is 0 Å². The molecule has 0 unspecified atom stereocenters. The van der Waals surface area contributed by atoms with Gasteiger partial charge in [0, 0.05) is 34.1 Å². The first-order valence-corrected chi connectivity index (χ1v) is 10.9. The van der Waals surface area contributed by atoms with Crippen molar-refractivity contribution in [1.29, 1.82) is 0 Å². The molecule has 1 amide bonds. The van der Waals surface area contributed by atoms with Gasteiger partial charge in [-0.1, -0.05) is 48.5 Å². The third kappa shape index (κ3) is 5.71. The van der Waals surface area contributed by atoms with Crippen molar-refractivity contribution in [2.75, 3.05) is 16.8 Å². The fraction of sp³-hybridized carbons (Fsp3) is 0.0741. The number of para-hydroxylation sites is 2. The highest BCUT2D eigenvalue weighted by Crippen LogP contribution is 2.34. The molecule has 0 aliphatic rings. The zero-order valence-corrected chi connectivity index (χ0v) is 18.4. The van der Waals surface area contributed by atoms with Gasteiger partial charge in [0.25, 0.3) is 0 Å². The van der Waals surface area contributed by atoms with Crippen molar-refractivity contribution in [2.24, 2.45) is 0 Å². The van der Waals surface area contributed by atoms with Crippen molar-refractivity contribution in [3.63, 3.8) is 0 Å². The largest absolute Gasteiger partial charge is 0.449 e. The summed E-state index contributed by atoms with van der Waals surface area (Å²) in [5.41, 5.74) is 4.87. The average Bonchev–Trinajstić information content (AvgIpc) is 2.82. The molecule has 4 aromatic rings. The summed E-state index contributed by atoms with van der Waals surface area (Å²) in [6.07, 6.45) is 0.173. The van der Waals surface area contributed by atoms with Crippen LogP contribution in [0.5, 0.6) is 0 Å². The summed E-state index contributed by atoms with van der Waals surface area (Å²) in [4.78, 5) is 15.2. The molecule has 0 spiro atoms. The Morgan fingerprint density at radius 1 is 0.750 bits per heavy atom. The first-order chi connectivity index (χ1) is 15.7. The van der Waals surface area contributed by atoms with Gasteiger partial charge in [-0.15, -0.1) is 12.6 Å². The molecule has 160 valence electrons. The van der Waals surface area contributed by atoms with Gasteiger partial charge in [-0.05, 0) is 66.2 Å². The van der Waals surface area contributed by atoms with E-state index >= 15 is 0 Å². The van der Waals surface area contributed by atoms with Crippen molar-refractivity contribution in [1.82, 2.24) is 0 Å². The molecular formula is C27H24N2O2S. The molecule has 0 radical (unpaired) electrons. The minimum atomic E-state index is -0.470. The number of hydrogen-bond acceptors (Lipinski definition) is 4. The van der Waals surface area contributed by atoms with Crippen LogP contribution in [-0.4, -0.2) is 12.7 Å². The quantitative estimate of drug-likeness (QED) is 0.298.